The quantitative estimate of drug-likeness (QED) is 0.689. The van der Waals surface area contributed by atoms with Crippen molar-refractivity contribution in [2.75, 3.05) is 11.1 Å². The molecule has 1 fully saturated rings. The third kappa shape index (κ3) is 4.33. The summed E-state index contributed by atoms with van der Waals surface area (Å²) in [6, 6.07) is 2.75. The van der Waals surface area contributed by atoms with Crippen LogP contribution >= 0.6 is 0 Å². The van der Waals surface area contributed by atoms with Gasteiger partial charge in [0.2, 0.25) is 0 Å². The number of hydrogen-bond acceptors (Lipinski definition) is 4. The van der Waals surface area contributed by atoms with E-state index in [1.54, 1.807) is 12.4 Å². The van der Waals surface area contributed by atoms with Gasteiger partial charge in [-0.05, 0) is 42.5 Å². The molecule has 2 unspecified atom stereocenters. The van der Waals surface area contributed by atoms with E-state index in [2.05, 4.69) is 15.3 Å². The average molecular weight is 428 g/mol. The predicted molar refractivity (Wildman–Crippen MR) is 113 cm³/mol. The van der Waals surface area contributed by atoms with Crippen LogP contribution in [0.15, 0.2) is 48.6 Å². The molecular formula is C23H23F3N4O. The van der Waals surface area contributed by atoms with Crippen LogP contribution in [0.25, 0.3) is 0 Å². The van der Waals surface area contributed by atoms with Crippen molar-refractivity contribution in [3.8, 4) is 0 Å². The van der Waals surface area contributed by atoms with Gasteiger partial charge in [-0.3, -0.25) is 9.78 Å². The summed E-state index contributed by atoms with van der Waals surface area (Å²) in [7, 11) is 0. The summed E-state index contributed by atoms with van der Waals surface area (Å²) < 4.78 is 43.0. The average Bonchev–Trinajstić information content (AvgIpc) is 2.76. The molecule has 0 spiro atoms. The molecular weight excluding hydrogens is 405 g/mol. The Morgan fingerprint density at radius 2 is 1.97 bits per heavy atom. The number of pyridine rings is 2. The number of aromatic nitrogens is 2. The number of rotatable bonds is 4. The number of hydrogen-bond donors (Lipinski definition) is 2. The lowest BCUT2D eigenvalue weighted by Gasteiger charge is -2.24. The van der Waals surface area contributed by atoms with Crippen molar-refractivity contribution >= 4 is 17.3 Å². The summed E-state index contributed by atoms with van der Waals surface area (Å²) in [6.45, 7) is 0. The zero-order valence-corrected chi connectivity index (χ0v) is 16.8. The highest BCUT2D eigenvalue weighted by Gasteiger charge is 2.33. The van der Waals surface area contributed by atoms with Crippen LogP contribution in [0.3, 0.4) is 0 Å². The SMILES string of the molecule is Nc1cc(F)c(C2C(F)=CC=CC2F)nc1C(=O)Nc1cnccc1C1CCCCC1. The zero-order chi connectivity index (χ0) is 22.0. The van der Waals surface area contributed by atoms with Gasteiger partial charge in [0.15, 0.2) is 5.69 Å². The van der Waals surface area contributed by atoms with E-state index in [4.69, 9.17) is 5.73 Å². The Morgan fingerprint density at radius 1 is 1.19 bits per heavy atom. The van der Waals surface area contributed by atoms with Crippen molar-refractivity contribution < 1.29 is 18.0 Å². The van der Waals surface area contributed by atoms with Crippen LogP contribution < -0.4 is 11.1 Å². The first kappa shape index (κ1) is 21.1. The maximum atomic E-state index is 14.5. The molecule has 4 rings (SSSR count). The Balaban J connectivity index is 1.64. The highest BCUT2D eigenvalue weighted by atomic mass is 19.1. The van der Waals surface area contributed by atoms with Crippen LogP contribution in [0, 0.1) is 5.82 Å². The maximum absolute atomic E-state index is 14.5. The largest absolute Gasteiger partial charge is 0.397 e. The number of anilines is 2. The predicted octanol–water partition coefficient (Wildman–Crippen LogP) is 5.34. The molecule has 2 aromatic rings. The third-order valence-corrected chi connectivity index (χ3v) is 5.86. The lowest BCUT2D eigenvalue weighted by atomic mass is 9.84. The topological polar surface area (TPSA) is 80.9 Å². The van der Waals surface area contributed by atoms with Crippen LogP contribution in [-0.2, 0) is 0 Å². The number of halogens is 3. The van der Waals surface area contributed by atoms with Crippen LogP contribution in [0.4, 0.5) is 24.5 Å². The number of alkyl halides is 1. The lowest BCUT2D eigenvalue weighted by molar-refractivity contribution is 0.102. The van der Waals surface area contributed by atoms with E-state index >= 15 is 0 Å². The molecule has 2 aliphatic rings. The molecule has 0 saturated heterocycles. The fourth-order valence-corrected chi connectivity index (χ4v) is 4.28. The van der Waals surface area contributed by atoms with Crippen molar-refractivity contribution in [2.24, 2.45) is 0 Å². The monoisotopic (exact) mass is 428 g/mol. The molecule has 31 heavy (non-hydrogen) atoms. The Hall–Kier alpha value is -3.16. The number of nitrogens with zero attached hydrogens (tertiary/aromatic N) is 2. The van der Waals surface area contributed by atoms with Crippen molar-refractivity contribution in [2.45, 2.75) is 50.1 Å². The van der Waals surface area contributed by atoms with Crippen molar-refractivity contribution in [1.82, 2.24) is 9.97 Å². The smallest absolute Gasteiger partial charge is 0.276 e. The molecule has 8 heteroatoms. The highest BCUT2D eigenvalue weighted by Crippen LogP contribution is 2.37. The maximum Gasteiger partial charge on any atom is 0.276 e. The number of nitrogens with two attached hydrogens (primary N) is 1. The normalized spacial score (nSPS) is 21.6. The van der Waals surface area contributed by atoms with E-state index in [-0.39, 0.29) is 11.4 Å². The van der Waals surface area contributed by atoms with E-state index in [9.17, 15) is 18.0 Å². The molecule has 2 aliphatic carbocycles. The zero-order valence-electron chi connectivity index (χ0n) is 16.8. The van der Waals surface area contributed by atoms with Crippen LogP contribution in [0.1, 0.15) is 65.7 Å². The van der Waals surface area contributed by atoms with Gasteiger partial charge in [-0.2, -0.15) is 0 Å². The van der Waals surface area contributed by atoms with Crippen molar-refractivity contribution in [1.29, 1.82) is 0 Å². The number of allylic oxidation sites excluding steroid dienone is 4. The van der Waals surface area contributed by atoms with Gasteiger partial charge in [0.25, 0.3) is 5.91 Å². The summed E-state index contributed by atoms with van der Waals surface area (Å²) in [5.74, 6) is -3.78. The van der Waals surface area contributed by atoms with Gasteiger partial charge in [-0.1, -0.05) is 25.3 Å². The second-order valence-corrected chi connectivity index (χ2v) is 7.90. The van der Waals surface area contributed by atoms with Crippen LogP contribution in [0.5, 0.6) is 0 Å². The Bertz CT molecular complexity index is 1050. The molecule has 2 atom stereocenters. The molecule has 2 aromatic heterocycles. The Kier molecular flexibility index (Phi) is 6.06. The molecule has 0 bridgehead atoms. The molecule has 2 heterocycles. The van der Waals surface area contributed by atoms with Gasteiger partial charge in [0.05, 0.1) is 29.2 Å². The fourth-order valence-electron chi connectivity index (χ4n) is 4.28. The summed E-state index contributed by atoms with van der Waals surface area (Å²) in [6.07, 6.45) is 10.3. The van der Waals surface area contributed by atoms with E-state index in [0.717, 1.165) is 49.5 Å². The number of carbonyl (C=O) groups is 1. The first-order valence-corrected chi connectivity index (χ1v) is 10.3. The number of nitrogen functional groups attached to an aromatic ring is 1. The molecule has 1 saturated carbocycles. The number of amides is 1. The standard InChI is InChI=1S/C23H23F3N4O/c24-15-7-4-8-16(25)20(15)21-17(26)11-18(27)22(30-21)23(31)29-19-12-28-10-9-14(19)13-5-2-1-3-6-13/h4,7-13,15,20H,1-3,5-6,27H2,(H,29,31). The van der Waals surface area contributed by atoms with Gasteiger partial charge in [-0.25, -0.2) is 18.2 Å². The molecule has 1 amide bonds. The fraction of sp³-hybridized carbons (Fsp3) is 0.348. The summed E-state index contributed by atoms with van der Waals surface area (Å²) in [4.78, 5) is 21.0. The van der Waals surface area contributed by atoms with Crippen LogP contribution in [0.2, 0.25) is 0 Å². The van der Waals surface area contributed by atoms with Gasteiger partial charge in [0, 0.05) is 12.3 Å². The minimum absolute atomic E-state index is 0.215. The Morgan fingerprint density at radius 3 is 2.71 bits per heavy atom. The number of carbonyl (C=O) groups excluding carboxylic acids is 1. The summed E-state index contributed by atoms with van der Waals surface area (Å²) in [5, 5.41) is 2.75. The van der Waals surface area contributed by atoms with Crippen molar-refractivity contribution in [3.63, 3.8) is 0 Å². The van der Waals surface area contributed by atoms with E-state index in [1.807, 2.05) is 6.07 Å². The van der Waals surface area contributed by atoms with E-state index < -0.39 is 35.3 Å². The molecule has 5 nitrogen and oxygen atoms in total. The number of nitrogens with one attached hydrogen (secondary N) is 1. The van der Waals surface area contributed by atoms with Gasteiger partial charge < -0.3 is 11.1 Å². The molecule has 0 aromatic carbocycles. The minimum atomic E-state index is -1.80. The first-order valence-electron chi connectivity index (χ1n) is 10.3. The van der Waals surface area contributed by atoms with Gasteiger partial charge in [-0.15, -0.1) is 0 Å². The third-order valence-electron chi connectivity index (χ3n) is 5.86. The second-order valence-electron chi connectivity index (χ2n) is 7.90. The van der Waals surface area contributed by atoms with Crippen molar-refractivity contribution in [3.05, 3.63) is 71.3 Å². The lowest BCUT2D eigenvalue weighted by Crippen LogP contribution is -2.23. The van der Waals surface area contributed by atoms with Gasteiger partial charge in [0.1, 0.15) is 17.8 Å². The molecule has 0 radical (unpaired) electrons. The second kappa shape index (κ2) is 8.91. The molecule has 0 aliphatic heterocycles. The van der Waals surface area contributed by atoms with Gasteiger partial charge >= 0.3 is 0 Å². The van der Waals surface area contributed by atoms with E-state index in [1.165, 1.54) is 12.5 Å². The van der Waals surface area contributed by atoms with E-state index in [0.29, 0.717) is 11.6 Å². The Labute approximate surface area is 178 Å². The summed E-state index contributed by atoms with van der Waals surface area (Å²) >= 11 is 0. The minimum Gasteiger partial charge on any atom is -0.397 e. The first-order chi connectivity index (χ1) is 15.0. The summed E-state index contributed by atoms with van der Waals surface area (Å²) in [5.41, 5.74) is 6.33. The van der Waals surface area contributed by atoms with Crippen LogP contribution in [-0.4, -0.2) is 22.0 Å². The molecule has 162 valence electrons. The molecule has 3 N–H and O–H groups in total. The highest BCUT2D eigenvalue weighted by molar-refractivity contribution is 6.06.